The topological polar surface area (TPSA) is 52.0 Å². The fourth-order valence-corrected chi connectivity index (χ4v) is 3.37. The second-order valence-corrected chi connectivity index (χ2v) is 7.01. The number of hydrogen-bond acceptors (Lipinski definition) is 4. The number of halogens is 1. The number of hydrogen-bond donors (Lipinski definition) is 1. The van der Waals surface area contributed by atoms with Gasteiger partial charge in [-0.15, -0.1) is 0 Å². The molecule has 0 aliphatic rings. The average molecular weight is 423 g/mol. The molecule has 6 heteroatoms. The van der Waals surface area contributed by atoms with Crippen molar-refractivity contribution in [2.24, 2.45) is 0 Å². The molecule has 0 atom stereocenters. The number of fused-ring (bicyclic) bond motifs is 1. The Kier molecular flexibility index (Phi) is 5.18. The molecule has 2 aromatic carbocycles. The lowest BCUT2D eigenvalue weighted by Gasteiger charge is -2.08. The van der Waals surface area contributed by atoms with Crippen LogP contribution in [0.4, 0.5) is 5.82 Å². The number of ether oxygens (including phenoxy) is 1. The van der Waals surface area contributed by atoms with E-state index in [1.165, 1.54) is 0 Å². The minimum absolute atomic E-state index is 0.611. The van der Waals surface area contributed by atoms with Gasteiger partial charge in [-0.25, -0.2) is 9.97 Å². The van der Waals surface area contributed by atoms with Crippen LogP contribution in [-0.2, 0) is 4.74 Å². The molecule has 0 saturated heterocycles. The first-order chi connectivity index (χ1) is 13.3. The zero-order chi connectivity index (χ0) is 18.6. The third kappa shape index (κ3) is 3.59. The summed E-state index contributed by atoms with van der Waals surface area (Å²) in [6.07, 6.45) is 3.72. The van der Waals surface area contributed by atoms with Crippen LogP contribution in [0.25, 0.3) is 27.8 Å². The lowest BCUT2D eigenvalue weighted by atomic mass is 10.1. The second-order valence-electron chi connectivity index (χ2n) is 6.10. The Labute approximate surface area is 166 Å². The molecule has 0 unspecified atom stereocenters. The molecule has 4 rings (SSSR count). The standard InChI is InChI=1S/C21H19BrN4O/c1-27-12-11-23-20-19-18(15-5-3-2-4-6-15)13-26(21(19)25-14-24-20)17-9-7-16(22)8-10-17/h2-10,13-14H,11-12H2,1H3,(H,23,24,25). The molecule has 5 nitrogen and oxygen atoms in total. The zero-order valence-corrected chi connectivity index (χ0v) is 16.5. The fourth-order valence-electron chi connectivity index (χ4n) is 3.10. The molecule has 0 saturated carbocycles. The molecule has 0 aliphatic carbocycles. The van der Waals surface area contributed by atoms with Crippen LogP contribution in [0.15, 0.2) is 71.6 Å². The monoisotopic (exact) mass is 422 g/mol. The predicted molar refractivity (Wildman–Crippen MR) is 112 cm³/mol. The summed E-state index contributed by atoms with van der Waals surface area (Å²) in [5.41, 5.74) is 4.13. The summed E-state index contributed by atoms with van der Waals surface area (Å²) in [6, 6.07) is 18.5. The maximum Gasteiger partial charge on any atom is 0.150 e. The molecule has 1 N–H and O–H groups in total. The van der Waals surface area contributed by atoms with Crippen LogP contribution in [0, 0.1) is 0 Å². The quantitative estimate of drug-likeness (QED) is 0.448. The molecule has 0 radical (unpaired) electrons. The van der Waals surface area contributed by atoms with Crippen LogP contribution in [0.1, 0.15) is 0 Å². The molecular weight excluding hydrogens is 404 g/mol. The molecule has 2 heterocycles. The van der Waals surface area contributed by atoms with E-state index in [0.29, 0.717) is 13.2 Å². The maximum atomic E-state index is 5.16. The first-order valence-corrected chi connectivity index (χ1v) is 9.47. The highest BCUT2D eigenvalue weighted by Crippen LogP contribution is 2.35. The van der Waals surface area contributed by atoms with Crippen molar-refractivity contribution in [3.05, 3.63) is 71.6 Å². The van der Waals surface area contributed by atoms with Gasteiger partial charge in [-0.3, -0.25) is 0 Å². The number of benzene rings is 2. The van der Waals surface area contributed by atoms with Crippen LogP contribution in [0.2, 0.25) is 0 Å². The molecule has 0 fully saturated rings. The van der Waals surface area contributed by atoms with E-state index in [-0.39, 0.29) is 0 Å². The lowest BCUT2D eigenvalue weighted by Crippen LogP contribution is -2.09. The van der Waals surface area contributed by atoms with Crippen molar-refractivity contribution in [3.8, 4) is 16.8 Å². The summed E-state index contributed by atoms with van der Waals surface area (Å²) in [4.78, 5) is 9.07. The minimum Gasteiger partial charge on any atom is -0.383 e. The van der Waals surface area contributed by atoms with Gasteiger partial charge in [-0.05, 0) is 29.8 Å². The number of nitrogens with one attached hydrogen (secondary N) is 1. The smallest absolute Gasteiger partial charge is 0.150 e. The maximum absolute atomic E-state index is 5.16. The van der Waals surface area contributed by atoms with E-state index in [9.17, 15) is 0 Å². The van der Waals surface area contributed by atoms with Gasteiger partial charge in [-0.2, -0.15) is 0 Å². The highest BCUT2D eigenvalue weighted by Gasteiger charge is 2.17. The van der Waals surface area contributed by atoms with E-state index in [0.717, 1.165) is 38.1 Å². The largest absolute Gasteiger partial charge is 0.383 e. The van der Waals surface area contributed by atoms with Crippen molar-refractivity contribution >= 4 is 32.8 Å². The third-order valence-electron chi connectivity index (χ3n) is 4.37. The van der Waals surface area contributed by atoms with Gasteiger partial charge in [0.2, 0.25) is 0 Å². The van der Waals surface area contributed by atoms with E-state index in [1.807, 2.05) is 30.3 Å². The van der Waals surface area contributed by atoms with Crippen LogP contribution in [0.5, 0.6) is 0 Å². The average Bonchev–Trinajstić information content (AvgIpc) is 3.10. The van der Waals surface area contributed by atoms with E-state index in [1.54, 1.807) is 13.4 Å². The molecule has 27 heavy (non-hydrogen) atoms. The molecular formula is C21H19BrN4O. The predicted octanol–water partition coefficient (Wildman–Crippen LogP) is 4.91. The van der Waals surface area contributed by atoms with Crippen molar-refractivity contribution in [2.45, 2.75) is 0 Å². The first kappa shape index (κ1) is 17.7. The van der Waals surface area contributed by atoms with Gasteiger partial charge in [0.15, 0.2) is 5.65 Å². The molecule has 136 valence electrons. The Morgan fingerprint density at radius 1 is 1.04 bits per heavy atom. The molecule has 0 aliphatic heterocycles. The highest BCUT2D eigenvalue weighted by atomic mass is 79.9. The molecule has 2 aromatic heterocycles. The Bertz CT molecular complexity index is 1050. The summed E-state index contributed by atoms with van der Waals surface area (Å²) in [6.45, 7) is 1.29. The Morgan fingerprint density at radius 2 is 1.81 bits per heavy atom. The fraction of sp³-hybridized carbons (Fsp3) is 0.143. The van der Waals surface area contributed by atoms with Crippen molar-refractivity contribution < 1.29 is 4.74 Å². The Balaban J connectivity index is 1.92. The number of rotatable bonds is 6. The van der Waals surface area contributed by atoms with Gasteiger partial charge in [0.1, 0.15) is 12.1 Å². The van der Waals surface area contributed by atoms with Crippen LogP contribution >= 0.6 is 15.9 Å². The summed E-state index contributed by atoms with van der Waals surface area (Å²) >= 11 is 3.50. The van der Waals surface area contributed by atoms with Crippen molar-refractivity contribution in [1.82, 2.24) is 14.5 Å². The summed E-state index contributed by atoms with van der Waals surface area (Å²) < 4.78 is 8.31. The zero-order valence-electron chi connectivity index (χ0n) is 14.9. The molecule has 0 amide bonds. The Morgan fingerprint density at radius 3 is 2.56 bits per heavy atom. The van der Waals surface area contributed by atoms with Crippen LogP contribution in [-0.4, -0.2) is 34.8 Å². The van der Waals surface area contributed by atoms with Gasteiger partial charge < -0.3 is 14.6 Å². The summed E-state index contributed by atoms with van der Waals surface area (Å²) in [7, 11) is 1.69. The van der Waals surface area contributed by atoms with Gasteiger partial charge in [0.25, 0.3) is 0 Å². The van der Waals surface area contributed by atoms with Crippen LogP contribution in [0.3, 0.4) is 0 Å². The summed E-state index contributed by atoms with van der Waals surface area (Å²) in [5.74, 6) is 0.812. The van der Waals surface area contributed by atoms with Gasteiger partial charge in [-0.1, -0.05) is 46.3 Å². The number of methoxy groups -OCH3 is 1. The SMILES string of the molecule is COCCNc1ncnc2c1c(-c1ccccc1)cn2-c1ccc(Br)cc1. The van der Waals surface area contributed by atoms with Crippen molar-refractivity contribution in [2.75, 3.05) is 25.6 Å². The van der Waals surface area contributed by atoms with Gasteiger partial charge in [0.05, 0.1) is 12.0 Å². The third-order valence-corrected chi connectivity index (χ3v) is 4.90. The van der Waals surface area contributed by atoms with Gasteiger partial charge in [0, 0.05) is 35.6 Å². The van der Waals surface area contributed by atoms with Crippen molar-refractivity contribution in [3.63, 3.8) is 0 Å². The first-order valence-electron chi connectivity index (χ1n) is 8.68. The normalized spacial score (nSPS) is 11.0. The van der Waals surface area contributed by atoms with E-state index in [2.05, 4.69) is 66.2 Å². The van der Waals surface area contributed by atoms with Gasteiger partial charge >= 0.3 is 0 Å². The van der Waals surface area contributed by atoms with E-state index >= 15 is 0 Å². The number of aromatic nitrogens is 3. The van der Waals surface area contributed by atoms with E-state index < -0.39 is 0 Å². The lowest BCUT2D eigenvalue weighted by molar-refractivity contribution is 0.210. The Hall–Kier alpha value is -2.70. The van der Waals surface area contributed by atoms with E-state index in [4.69, 9.17) is 4.74 Å². The van der Waals surface area contributed by atoms with Crippen LogP contribution < -0.4 is 5.32 Å². The number of anilines is 1. The minimum atomic E-state index is 0.611. The summed E-state index contributed by atoms with van der Waals surface area (Å²) in [5, 5.41) is 4.38. The molecule has 0 bridgehead atoms. The number of nitrogens with zero attached hydrogens (tertiary/aromatic N) is 3. The highest BCUT2D eigenvalue weighted by molar-refractivity contribution is 9.10. The van der Waals surface area contributed by atoms with Crippen molar-refractivity contribution in [1.29, 1.82) is 0 Å². The second kappa shape index (κ2) is 7.90. The molecule has 4 aromatic rings. The molecule has 0 spiro atoms.